The molecular formula is C24H28O7. The molecule has 0 radical (unpaired) electrons. The van der Waals surface area contributed by atoms with E-state index in [0.717, 1.165) is 5.57 Å². The Morgan fingerprint density at radius 2 is 1.71 bits per heavy atom. The van der Waals surface area contributed by atoms with Crippen LogP contribution >= 0.6 is 0 Å². The lowest BCUT2D eigenvalue weighted by Gasteiger charge is -2.54. The Hall–Kier alpha value is -2.54. The zero-order valence-corrected chi connectivity index (χ0v) is 18.3. The largest absolute Gasteiger partial charge is 0.455 e. The molecule has 7 heteroatoms. The number of aliphatic hydroxyl groups is 1. The normalized spacial score (nSPS) is 41.6. The third-order valence-corrected chi connectivity index (χ3v) is 7.80. The summed E-state index contributed by atoms with van der Waals surface area (Å²) in [4.78, 5) is 51.4. The molecule has 0 bridgehead atoms. The number of fused-ring (bicyclic) bond motifs is 2. The Bertz CT molecular complexity index is 988. The molecule has 0 saturated heterocycles. The zero-order chi connectivity index (χ0) is 23.0. The lowest BCUT2D eigenvalue weighted by Crippen LogP contribution is -2.61. The highest BCUT2D eigenvalue weighted by Crippen LogP contribution is 2.65. The molecule has 1 N–H and O–H groups in total. The molecular weight excluding hydrogens is 400 g/mol. The topological polar surface area (TPSA) is 107 Å². The molecule has 0 amide bonds. The van der Waals surface area contributed by atoms with E-state index in [9.17, 15) is 24.3 Å². The zero-order valence-electron chi connectivity index (χ0n) is 18.3. The Morgan fingerprint density at radius 3 is 2.23 bits per heavy atom. The summed E-state index contributed by atoms with van der Waals surface area (Å²) in [6, 6.07) is 0. The first-order valence-electron chi connectivity index (χ1n) is 10.6. The molecule has 0 aromatic heterocycles. The average Bonchev–Trinajstić information content (AvgIpc) is 3.34. The third kappa shape index (κ3) is 2.75. The highest BCUT2D eigenvalue weighted by Gasteiger charge is 2.73. The van der Waals surface area contributed by atoms with Gasteiger partial charge >= 0.3 is 11.9 Å². The first kappa shape index (κ1) is 21.7. The smallest absolute Gasteiger partial charge is 0.303 e. The van der Waals surface area contributed by atoms with Crippen molar-refractivity contribution in [3.63, 3.8) is 0 Å². The number of Topliss-reactive ketones (excluding diaryl/α,β-unsaturated/α-hetero) is 2. The van der Waals surface area contributed by atoms with E-state index in [2.05, 4.69) is 13.2 Å². The summed E-state index contributed by atoms with van der Waals surface area (Å²) < 4.78 is 10.9. The van der Waals surface area contributed by atoms with Crippen molar-refractivity contribution in [2.75, 3.05) is 0 Å². The maximum Gasteiger partial charge on any atom is 0.303 e. The van der Waals surface area contributed by atoms with Crippen molar-refractivity contribution in [1.82, 2.24) is 0 Å². The first-order chi connectivity index (χ1) is 14.4. The van der Waals surface area contributed by atoms with Gasteiger partial charge in [-0.05, 0) is 30.8 Å². The third-order valence-electron chi connectivity index (χ3n) is 7.80. The number of allylic oxidation sites excluding steroid dienone is 1. The van der Waals surface area contributed by atoms with Gasteiger partial charge in [0.25, 0.3) is 0 Å². The van der Waals surface area contributed by atoms with Gasteiger partial charge in [0.05, 0.1) is 5.41 Å². The van der Waals surface area contributed by atoms with Crippen LogP contribution in [0.5, 0.6) is 0 Å². The Morgan fingerprint density at radius 1 is 1.13 bits per heavy atom. The number of aliphatic hydroxyl groups excluding tert-OH is 1. The molecule has 4 aliphatic carbocycles. The standard InChI is InChI=1S/C24H28O7/c1-10-7-8-23(6)16(12(10)3)18(27)20(30-13(4)25)15-17(23)19(28)22(31-14(5)26)24(21(15)29)9-11(24)2/h11,16,18,20,22,27H,1,3,7-9H2,2,4-6H3. The minimum Gasteiger partial charge on any atom is -0.455 e. The van der Waals surface area contributed by atoms with Gasteiger partial charge in [-0.25, -0.2) is 0 Å². The number of esters is 2. The van der Waals surface area contributed by atoms with E-state index in [1.54, 1.807) is 0 Å². The SMILES string of the molecule is C=C1CCC2(C)C3=C(C(=O)C4(CC4C)C(OC(C)=O)C3=O)C(OC(C)=O)C(O)C2C1=C. The fraction of sp³-hybridized carbons (Fsp3) is 0.583. The lowest BCUT2D eigenvalue weighted by molar-refractivity contribution is -0.165. The predicted molar refractivity (Wildman–Crippen MR) is 109 cm³/mol. The van der Waals surface area contributed by atoms with E-state index in [-0.39, 0.29) is 22.8 Å². The van der Waals surface area contributed by atoms with Crippen molar-refractivity contribution in [3.05, 3.63) is 35.5 Å². The van der Waals surface area contributed by atoms with Gasteiger partial charge in [0.2, 0.25) is 5.78 Å². The van der Waals surface area contributed by atoms with E-state index in [0.29, 0.717) is 24.8 Å². The van der Waals surface area contributed by atoms with Crippen LogP contribution in [0.2, 0.25) is 0 Å². The molecule has 0 heterocycles. The van der Waals surface area contributed by atoms with Gasteiger partial charge in [0.15, 0.2) is 18.0 Å². The number of carbonyl (C=O) groups is 4. The minimum absolute atomic E-state index is 0.0551. The van der Waals surface area contributed by atoms with E-state index < -0.39 is 52.8 Å². The van der Waals surface area contributed by atoms with E-state index in [1.807, 2.05) is 13.8 Å². The van der Waals surface area contributed by atoms with Gasteiger partial charge in [0.1, 0.15) is 6.10 Å². The maximum absolute atomic E-state index is 13.9. The predicted octanol–water partition coefficient (Wildman–Crippen LogP) is 2.23. The van der Waals surface area contributed by atoms with Crippen LogP contribution in [-0.4, -0.2) is 46.9 Å². The number of ketones is 2. The number of ether oxygens (including phenoxy) is 2. The highest BCUT2D eigenvalue weighted by atomic mass is 16.6. The van der Waals surface area contributed by atoms with E-state index in [4.69, 9.17) is 9.47 Å². The Labute approximate surface area is 181 Å². The van der Waals surface area contributed by atoms with Crippen LogP contribution in [0.3, 0.4) is 0 Å². The Balaban J connectivity index is 1.98. The summed E-state index contributed by atoms with van der Waals surface area (Å²) in [5, 5.41) is 11.3. The fourth-order valence-corrected chi connectivity index (χ4v) is 6.14. The first-order valence-corrected chi connectivity index (χ1v) is 10.6. The van der Waals surface area contributed by atoms with Crippen molar-refractivity contribution >= 4 is 23.5 Å². The van der Waals surface area contributed by atoms with Crippen LogP contribution in [0, 0.1) is 22.7 Å². The quantitative estimate of drug-likeness (QED) is 0.672. The summed E-state index contributed by atoms with van der Waals surface area (Å²) in [7, 11) is 0. The van der Waals surface area contributed by atoms with E-state index in [1.165, 1.54) is 13.8 Å². The number of carbonyl (C=O) groups excluding carboxylic acids is 4. The second-order valence-corrected chi connectivity index (χ2v) is 9.66. The van der Waals surface area contributed by atoms with Gasteiger partial charge in [-0.3, -0.25) is 19.2 Å². The summed E-state index contributed by atoms with van der Waals surface area (Å²) in [6.07, 6.45) is -2.34. The van der Waals surface area contributed by atoms with Crippen LogP contribution in [0.25, 0.3) is 0 Å². The van der Waals surface area contributed by atoms with Crippen molar-refractivity contribution < 1.29 is 33.8 Å². The molecule has 4 rings (SSSR count). The van der Waals surface area contributed by atoms with Gasteiger partial charge in [-0.15, -0.1) is 0 Å². The van der Waals surface area contributed by atoms with Gasteiger partial charge in [-0.1, -0.05) is 32.6 Å². The minimum atomic E-state index is -1.28. The van der Waals surface area contributed by atoms with Crippen molar-refractivity contribution in [3.8, 4) is 0 Å². The fourth-order valence-electron chi connectivity index (χ4n) is 6.14. The Kier molecular flexibility index (Phi) is 4.71. The number of hydrogen-bond acceptors (Lipinski definition) is 7. The number of rotatable bonds is 2. The summed E-state index contributed by atoms with van der Waals surface area (Å²) in [6.45, 7) is 14.2. The van der Waals surface area contributed by atoms with Crippen LogP contribution in [-0.2, 0) is 28.7 Å². The molecule has 0 aromatic carbocycles. The van der Waals surface area contributed by atoms with Crippen LogP contribution in [0.4, 0.5) is 0 Å². The molecule has 0 aromatic rings. The molecule has 4 aliphatic rings. The van der Waals surface area contributed by atoms with Crippen molar-refractivity contribution in [1.29, 1.82) is 0 Å². The van der Waals surface area contributed by atoms with Crippen LogP contribution < -0.4 is 0 Å². The molecule has 7 nitrogen and oxygen atoms in total. The number of hydrogen-bond donors (Lipinski definition) is 1. The maximum atomic E-state index is 13.9. The molecule has 7 atom stereocenters. The molecule has 2 saturated carbocycles. The summed E-state index contributed by atoms with van der Waals surface area (Å²) in [5.41, 5.74) is -0.504. The van der Waals surface area contributed by atoms with Crippen molar-refractivity contribution in [2.45, 2.75) is 65.3 Å². The molecule has 1 spiro atoms. The summed E-state index contributed by atoms with van der Waals surface area (Å²) >= 11 is 0. The molecule has 0 aliphatic heterocycles. The van der Waals surface area contributed by atoms with Crippen molar-refractivity contribution in [2.24, 2.45) is 22.7 Å². The molecule has 7 unspecified atom stereocenters. The van der Waals surface area contributed by atoms with Gasteiger partial charge in [0, 0.05) is 36.3 Å². The van der Waals surface area contributed by atoms with Crippen LogP contribution in [0.1, 0.15) is 47.0 Å². The molecule has 166 valence electrons. The van der Waals surface area contributed by atoms with Gasteiger partial charge in [-0.2, -0.15) is 0 Å². The second kappa shape index (κ2) is 6.73. The van der Waals surface area contributed by atoms with Gasteiger partial charge < -0.3 is 14.6 Å². The molecule has 2 fully saturated rings. The molecule has 31 heavy (non-hydrogen) atoms. The second-order valence-electron chi connectivity index (χ2n) is 9.66. The lowest BCUT2D eigenvalue weighted by atomic mass is 9.50. The average molecular weight is 428 g/mol. The highest BCUT2D eigenvalue weighted by molar-refractivity contribution is 6.20. The van der Waals surface area contributed by atoms with E-state index >= 15 is 0 Å². The van der Waals surface area contributed by atoms with Crippen LogP contribution in [0.15, 0.2) is 35.5 Å². The summed E-state index contributed by atoms with van der Waals surface area (Å²) in [5.74, 6) is -2.95. The monoisotopic (exact) mass is 428 g/mol.